The zero-order valence-corrected chi connectivity index (χ0v) is 10.4. The van der Waals surface area contributed by atoms with Crippen LogP contribution in [0.4, 0.5) is 0 Å². The Hall–Kier alpha value is -1.65. The minimum atomic E-state index is -0.334. The lowest BCUT2D eigenvalue weighted by Gasteiger charge is -2.17. The Balaban J connectivity index is 1.73. The highest BCUT2D eigenvalue weighted by molar-refractivity contribution is 5.36. The molecule has 2 atom stereocenters. The maximum absolute atomic E-state index is 10.1. The van der Waals surface area contributed by atoms with Crippen molar-refractivity contribution in [3.63, 3.8) is 0 Å². The molecule has 1 aliphatic carbocycles. The summed E-state index contributed by atoms with van der Waals surface area (Å²) in [5.74, 6) is 0. The molecule has 0 aliphatic heterocycles. The summed E-state index contributed by atoms with van der Waals surface area (Å²) in [5, 5.41) is 17.7. The zero-order valence-electron chi connectivity index (χ0n) is 10.4. The molecule has 3 rings (SSSR count). The second-order valence-electron chi connectivity index (χ2n) is 4.85. The lowest BCUT2D eigenvalue weighted by Crippen LogP contribution is -2.28. The van der Waals surface area contributed by atoms with Crippen molar-refractivity contribution in [1.29, 1.82) is 0 Å². The van der Waals surface area contributed by atoms with E-state index < -0.39 is 0 Å². The molecule has 0 amide bonds. The van der Waals surface area contributed by atoms with Gasteiger partial charge in [-0.25, -0.2) is 0 Å². The first-order chi connectivity index (χ1) is 8.74. The lowest BCUT2D eigenvalue weighted by molar-refractivity contribution is 0.140. The average molecular weight is 243 g/mol. The van der Waals surface area contributed by atoms with Gasteiger partial charge >= 0.3 is 0 Å². The molecule has 0 spiro atoms. The van der Waals surface area contributed by atoms with Crippen LogP contribution in [0.25, 0.3) is 0 Å². The summed E-state index contributed by atoms with van der Waals surface area (Å²) < 4.78 is 1.79. The maximum atomic E-state index is 10.1. The van der Waals surface area contributed by atoms with Gasteiger partial charge in [0.1, 0.15) is 0 Å². The average Bonchev–Trinajstić information content (AvgIpc) is 2.90. The van der Waals surface area contributed by atoms with Gasteiger partial charge in [-0.05, 0) is 11.1 Å². The van der Waals surface area contributed by atoms with E-state index in [9.17, 15) is 5.11 Å². The van der Waals surface area contributed by atoms with Gasteiger partial charge in [-0.15, -0.1) is 0 Å². The molecule has 94 valence electrons. The molecule has 1 aromatic carbocycles. The molecule has 18 heavy (non-hydrogen) atoms. The lowest BCUT2D eigenvalue weighted by atomic mass is 10.1. The van der Waals surface area contributed by atoms with Gasteiger partial charge in [0, 0.05) is 31.8 Å². The van der Waals surface area contributed by atoms with Gasteiger partial charge in [-0.1, -0.05) is 24.3 Å². The fourth-order valence-corrected chi connectivity index (χ4v) is 2.61. The molecule has 0 radical (unpaired) electrons. The van der Waals surface area contributed by atoms with Crippen LogP contribution in [0.1, 0.15) is 22.7 Å². The van der Waals surface area contributed by atoms with E-state index in [0.29, 0.717) is 0 Å². The summed E-state index contributed by atoms with van der Waals surface area (Å²) in [6.45, 7) is 0.726. The first-order valence-corrected chi connectivity index (χ1v) is 6.21. The maximum Gasteiger partial charge on any atom is 0.0775 e. The van der Waals surface area contributed by atoms with Crippen LogP contribution < -0.4 is 5.32 Å². The minimum Gasteiger partial charge on any atom is -0.391 e. The molecule has 1 heterocycles. The SMILES string of the molecule is Cn1cc(CN[C@H]2c3ccccc3C[C@H]2O)cn1. The van der Waals surface area contributed by atoms with E-state index in [4.69, 9.17) is 0 Å². The Bertz CT molecular complexity index is 549. The Morgan fingerprint density at radius 1 is 1.44 bits per heavy atom. The Labute approximate surface area is 106 Å². The summed E-state index contributed by atoms with van der Waals surface area (Å²) in [7, 11) is 1.91. The van der Waals surface area contributed by atoms with Crippen LogP contribution >= 0.6 is 0 Å². The van der Waals surface area contributed by atoms with Crippen molar-refractivity contribution in [3.8, 4) is 0 Å². The second kappa shape index (κ2) is 4.55. The molecule has 1 aliphatic rings. The highest BCUT2D eigenvalue weighted by Crippen LogP contribution is 2.31. The summed E-state index contributed by atoms with van der Waals surface area (Å²) in [6, 6.07) is 8.25. The van der Waals surface area contributed by atoms with Crippen molar-refractivity contribution < 1.29 is 5.11 Å². The molecule has 4 heteroatoms. The third kappa shape index (κ3) is 2.05. The molecule has 0 saturated carbocycles. The van der Waals surface area contributed by atoms with Crippen LogP contribution in [-0.2, 0) is 20.0 Å². The van der Waals surface area contributed by atoms with Gasteiger partial charge < -0.3 is 10.4 Å². The fourth-order valence-electron chi connectivity index (χ4n) is 2.61. The van der Waals surface area contributed by atoms with E-state index >= 15 is 0 Å². The zero-order chi connectivity index (χ0) is 12.5. The van der Waals surface area contributed by atoms with Gasteiger partial charge in [0.15, 0.2) is 0 Å². The molecule has 1 aromatic heterocycles. The highest BCUT2D eigenvalue weighted by Gasteiger charge is 2.30. The number of rotatable bonds is 3. The van der Waals surface area contributed by atoms with Gasteiger partial charge in [0.2, 0.25) is 0 Å². The van der Waals surface area contributed by atoms with Crippen LogP contribution in [0.3, 0.4) is 0 Å². The fraction of sp³-hybridized carbons (Fsp3) is 0.357. The largest absolute Gasteiger partial charge is 0.391 e. The monoisotopic (exact) mass is 243 g/mol. The van der Waals surface area contributed by atoms with Crippen LogP contribution in [0.2, 0.25) is 0 Å². The number of fused-ring (bicyclic) bond motifs is 1. The quantitative estimate of drug-likeness (QED) is 0.850. The number of nitrogens with zero attached hydrogens (tertiary/aromatic N) is 2. The minimum absolute atomic E-state index is 0.0291. The van der Waals surface area contributed by atoms with E-state index in [1.807, 2.05) is 31.6 Å². The predicted octanol–water partition coefficient (Wildman–Crippen LogP) is 1.17. The van der Waals surface area contributed by atoms with Crippen molar-refractivity contribution in [2.24, 2.45) is 7.05 Å². The van der Waals surface area contributed by atoms with E-state index in [0.717, 1.165) is 18.5 Å². The van der Waals surface area contributed by atoms with Crippen LogP contribution in [0, 0.1) is 0 Å². The number of hydrogen-bond acceptors (Lipinski definition) is 3. The Morgan fingerprint density at radius 3 is 3.06 bits per heavy atom. The predicted molar refractivity (Wildman–Crippen MR) is 68.9 cm³/mol. The van der Waals surface area contributed by atoms with Crippen molar-refractivity contribution >= 4 is 0 Å². The van der Waals surface area contributed by atoms with Crippen LogP contribution in [-0.4, -0.2) is 21.0 Å². The molecule has 0 saturated heterocycles. The van der Waals surface area contributed by atoms with Crippen molar-refractivity contribution in [3.05, 3.63) is 53.3 Å². The first kappa shape index (κ1) is 11.4. The molecular formula is C14H17N3O. The number of hydrogen-bond donors (Lipinski definition) is 2. The second-order valence-corrected chi connectivity index (χ2v) is 4.85. The molecule has 4 nitrogen and oxygen atoms in total. The van der Waals surface area contributed by atoms with E-state index in [2.05, 4.69) is 22.5 Å². The first-order valence-electron chi connectivity index (χ1n) is 6.21. The number of aromatic nitrogens is 2. The standard InChI is InChI=1S/C14H17N3O/c1-17-9-10(8-16-17)7-15-14-12-5-3-2-4-11(12)6-13(14)18/h2-5,8-9,13-15,18H,6-7H2,1H3/t13-,14+/m1/s1. The van der Waals surface area contributed by atoms with E-state index in [1.165, 1.54) is 11.1 Å². The number of nitrogens with one attached hydrogen (secondary N) is 1. The van der Waals surface area contributed by atoms with Crippen LogP contribution in [0.15, 0.2) is 36.7 Å². The van der Waals surface area contributed by atoms with Gasteiger partial charge in [-0.2, -0.15) is 5.10 Å². The summed E-state index contributed by atoms with van der Waals surface area (Å²) in [6.07, 6.45) is 4.24. The molecule has 0 bridgehead atoms. The topological polar surface area (TPSA) is 50.1 Å². The summed E-state index contributed by atoms with van der Waals surface area (Å²) in [4.78, 5) is 0. The number of aryl methyl sites for hydroxylation is 1. The van der Waals surface area contributed by atoms with Crippen molar-refractivity contribution in [2.45, 2.75) is 25.1 Å². The third-order valence-electron chi connectivity index (χ3n) is 3.49. The molecule has 0 unspecified atom stereocenters. The highest BCUT2D eigenvalue weighted by atomic mass is 16.3. The van der Waals surface area contributed by atoms with Crippen LogP contribution in [0.5, 0.6) is 0 Å². The summed E-state index contributed by atoms with van der Waals surface area (Å²) in [5.41, 5.74) is 3.59. The Morgan fingerprint density at radius 2 is 2.28 bits per heavy atom. The molecule has 0 fully saturated rings. The van der Waals surface area contributed by atoms with Gasteiger partial charge in [0.25, 0.3) is 0 Å². The third-order valence-corrected chi connectivity index (χ3v) is 3.49. The molecule has 2 N–H and O–H groups in total. The normalized spacial score (nSPS) is 22.1. The molecule has 2 aromatic rings. The molecular weight excluding hydrogens is 226 g/mol. The van der Waals surface area contributed by atoms with E-state index in [1.54, 1.807) is 4.68 Å². The van der Waals surface area contributed by atoms with Crippen molar-refractivity contribution in [1.82, 2.24) is 15.1 Å². The summed E-state index contributed by atoms with van der Waals surface area (Å²) >= 11 is 0. The smallest absolute Gasteiger partial charge is 0.0775 e. The van der Waals surface area contributed by atoms with E-state index in [-0.39, 0.29) is 12.1 Å². The number of benzene rings is 1. The number of aliphatic hydroxyl groups is 1. The van der Waals surface area contributed by atoms with Gasteiger partial charge in [0.05, 0.1) is 18.3 Å². The number of aliphatic hydroxyl groups excluding tert-OH is 1. The van der Waals surface area contributed by atoms with Gasteiger partial charge in [-0.3, -0.25) is 4.68 Å². The van der Waals surface area contributed by atoms with Crippen molar-refractivity contribution in [2.75, 3.05) is 0 Å². The Kier molecular flexibility index (Phi) is 2.89.